The highest BCUT2D eigenvalue weighted by Crippen LogP contribution is 2.16. The molecule has 0 aliphatic carbocycles. The third kappa shape index (κ3) is 5.56. The topological polar surface area (TPSA) is 67.1 Å². The lowest BCUT2D eigenvalue weighted by Gasteiger charge is -2.17. The van der Waals surface area contributed by atoms with Crippen molar-refractivity contribution in [1.29, 1.82) is 0 Å². The van der Waals surface area contributed by atoms with Crippen LogP contribution < -0.4 is 10.6 Å². The van der Waals surface area contributed by atoms with E-state index in [9.17, 15) is 0 Å². The number of hydrogen-bond donors (Lipinski definition) is 2. The van der Waals surface area contributed by atoms with Crippen molar-refractivity contribution in [2.75, 3.05) is 7.05 Å². The van der Waals surface area contributed by atoms with Gasteiger partial charge in [0, 0.05) is 36.3 Å². The van der Waals surface area contributed by atoms with Gasteiger partial charge in [-0.15, -0.1) is 45.5 Å². The number of guanidine groups is 1. The van der Waals surface area contributed by atoms with Crippen molar-refractivity contribution in [2.45, 2.75) is 32.9 Å². The van der Waals surface area contributed by atoms with E-state index < -0.39 is 0 Å². The fraction of sp³-hybridized carbons (Fsp3) is 0.500. The Hall–Kier alpha value is -1.16. The van der Waals surface area contributed by atoms with E-state index in [4.69, 9.17) is 0 Å². The van der Waals surface area contributed by atoms with Gasteiger partial charge >= 0.3 is 0 Å². The van der Waals surface area contributed by atoms with Gasteiger partial charge in [0.15, 0.2) is 11.8 Å². The molecule has 0 aliphatic rings. The van der Waals surface area contributed by atoms with Gasteiger partial charge in [0.2, 0.25) is 0 Å². The molecule has 6 nitrogen and oxygen atoms in total. The lowest BCUT2D eigenvalue weighted by atomic mass is 10.2. The summed E-state index contributed by atoms with van der Waals surface area (Å²) in [7, 11) is 3.70. The summed E-state index contributed by atoms with van der Waals surface area (Å²) in [5.41, 5.74) is 0. The molecule has 0 spiro atoms. The number of aliphatic imine (C=N–C) groups is 1. The highest BCUT2D eigenvalue weighted by molar-refractivity contribution is 14.0. The molecule has 1 atom stereocenters. The lowest BCUT2D eigenvalue weighted by Crippen LogP contribution is -2.42. The summed E-state index contributed by atoms with van der Waals surface area (Å²) < 4.78 is 1.89. The minimum atomic E-state index is 0. The van der Waals surface area contributed by atoms with Crippen molar-refractivity contribution in [2.24, 2.45) is 12.0 Å². The molecule has 0 saturated heterocycles. The van der Waals surface area contributed by atoms with Gasteiger partial charge in [-0.25, -0.2) is 0 Å². The zero-order valence-electron chi connectivity index (χ0n) is 13.3. The zero-order valence-corrected chi connectivity index (χ0v) is 16.5. The van der Waals surface area contributed by atoms with Crippen molar-refractivity contribution < 1.29 is 0 Å². The summed E-state index contributed by atoms with van der Waals surface area (Å²) in [6.45, 7) is 4.89. The van der Waals surface area contributed by atoms with Gasteiger partial charge in [-0.05, 0) is 26.0 Å². The van der Waals surface area contributed by atoms with Crippen LogP contribution in [-0.4, -0.2) is 33.8 Å². The van der Waals surface area contributed by atoms with Gasteiger partial charge < -0.3 is 15.2 Å². The van der Waals surface area contributed by atoms with Crippen LogP contribution in [0.2, 0.25) is 0 Å². The molecule has 2 N–H and O–H groups in total. The van der Waals surface area contributed by atoms with E-state index in [0.717, 1.165) is 18.2 Å². The molecular weight excluding hydrogens is 411 g/mol. The first kappa shape index (κ1) is 18.9. The molecule has 2 aromatic heterocycles. The minimum absolute atomic E-state index is 0. The van der Waals surface area contributed by atoms with E-state index >= 15 is 0 Å². The van der Waals surface area contributed by atoms with E-state index in [1.54, 1.807) is 13.4 Å². The predicted molar refractivity (Wildman–Crippen MR) is 102 cm³/mol. The summed E-state index contributed by atoms with van der Waals surface area (Å²) >= 11 is 1.84. The summed E-state index contributed by atoms with van der Waals surface area (Å²) in [6.07, 6.45) is 2.68. The lowest BCUT2D eigenvalue weighted by molar-refractivity contribution is 0.637. The van der Waals surface area contributed by atoms with Gasteiger partial charge in [0.1, 0.15) is 6.33 Å². The van der Waals surface area contributed by atoms with Crippen molar-refractivity contribution in [3.05, 3.63) is 34.0 Å². The quantitative estimate of drug-likeness (QED) is 0.430. The number of hydrogen-bond acceptors (Lipinski definition) is 4. The van der Waals surface area contributed by atoms with Crippen LogP contribution in [0.25, 0.3) is 0 Å². The van der Waals surface area contributed by atoms with E-state index in [2.05, 4.69) is 51.8 Å². The SMILES string of the molecule is CN=C(NCc1nncn1C)NC(C)Cc1ccc(C)s1.I. The molecule has 122 valence electrons. The minimum Gasteiger partial charge on any atom is -0.354 e. The standard InChI is InChI=1S/C14H22N6S.HI/c1-10(7-12-6-5-11(2)21-12)18-14(15-3)16-8-13-19-17-9-20(13)4;/h5-6,9-10H,7-8H2,1-4H3,(H2,15,16,18);1H. The van der Waals surface area contributed by atoms with Crippen LogP contribution in [0.4, 0.5) is 0 Å². The molecule has 0 aromatic carbocycles. The first-order chi connectivity index (χ1) is 10.1. The Morgan fingerprint density at radius 2 is 2.23 bits per heavy atom. The summed E-state index contributed by atoms with van der Waals surface area (Å²) in [5.74, 6) is 1.65. The molecule has 0 aliphatic heterocycles. The molecule has 0 fully saturated rings. The second kappa shape index (κ2) is 9.09. The second-order valence-electron chi connectivity index (χ2n) is 5.05. The number of nitrogens with one attached hydrogen (secondary N) is 2. The highest BCUT2D eigenvalue weighted by Gasteiger charge is 2.08. The van der Waals surface area contributed by atoms with E-state index in [0.29, 0.717) is 12.6 Å². The van der Waals surface area contributed by atoms with Crippen LogP contribution in [0.15, 0.2) is 23.5 Å². The molecule has 2 rings (SSSR count). The molecule has 1 unspecified atom stereocenters. The van der Waals surface area contributed by atoms with Crippen LogP contribution in [-0.2, 0) is 20.0 Å². The smallest absolute Gasteiger partial charge is 0.191 e. The molecule has 0 bridgehead atoms. The number of rotatable bonds is 5. The van der Waals surface area contributed by atoms with Gasteiger partial charge in [0.25, 0.3) is 0 Å². The normalized spacial score (nSPS) is 12.6. The molecular formula is C14H23IN6S. The summed E-state index contributed by atoms with van der Waals surface area (Å²) in [4.78, 5) is 6.98. The van der Waals surface area contributed by atoms with E-state index in [1.807, 2.05) is 23.0 Å². The summed E-state index contributed by atoms with van der Waals surface area (Å²) in [5, 5.41) is 14.5. The molecule has 2 heterocycles. The van der Waals surface area contributed by atoms with Crippen LogP contribution in [0.3, 0.4) is 0 Å². The predicted octanol–water partition coefficient (Wildman–Crippen LogP) is 2.10. The average Bonchev–Trinajstić information content (AvgIpc) is 3.03. The highest BCUT2D eigenvalue weighted by atomic mass is 127. The van der Waals surface area contributed by atoms with Gasteiger partial charge in [-0.3, -0.25) is 4.99 Å². The molecule has 0 amide bonds. The maximum atomic E-state index is 4.24. The average molecular weight is 434 g/mol. The Kier molecular flexibility index (Phi) is 7.80. The molecule has 0 saturated carbocycles. The Labute approximate surface area is 152 Å². The van der Waals surface area contributed by atoms with Crippen LogP contribution >= 0.6 is 35.3 Å². The first-order valence-electron chi connectivity index (χ1n) is 6.94. The van der Waals surface area contributed by atoms with E-state index in [-0.39, 0.29) is 24.0 Å². The van der Waals surface area contributed by atoms with Gasteiger partial charge in [-0.1, -0.05) is 0 Å². The third-order valence-electron chi connectivity index (χ3n) is 3.13. The Morgan fingerprint density at radius 1 is 1.45 bits per heavy atom. The second-order valence-corrected chi connectivity index (χ2v) is 6.42. The number of thiophene rings is 1. The fourth-order valence-electron chi connectivity index (χ4n) is 2.01. The Bertz CT molecular complexity index is 606. The monoisotopic (exact) mass is 434 g/mol. The first-order valence-corrected chi connectivity index (χ1v) is 7.75. The number of halogens is 1. The number of nitrogens with zero attached hydrogens (tertiary/aromatic N) is 4. The van der Waals surface area contributed by atoms with Crippen LogP contribution in [0.1, 0.15) is 22.5 Å². The fourth-order valence-corrected chi connectivity index (χ4v) is 3.02. The van der Waals surface area contributed by atoms with Gasteiger partial charge in [-0.2, -0.15) is 0 Å². The molecule has 8 heteroatoms. The van der Waals surface area contributed by atoms with Crippen molar-refractivity contribution in [3.8, 4) is 0 Å². The van der Waals surface area contributed by atoms with Crippen molar-refractivity contribution in [1.82, 2.24) is 25.4 Å². The summed E-state index contributed by atoms with van der Waals surface area (Å²) in [6, 6.07) is 4.66. The third-order valence-corrected chi connectivity index (χ3v) is 4.15. The molecule has 2 aromatic rings. The molecule has 0 radical (unpaired) electrons. The van der Waals surface area contributed by atoms with E-state index in [1.165, 1.54) is 9.75 Å². The number of aryl methyl sites for hydroxylation is 2. The Balaban J connectivity index is 0.00000242. The number of aromatic nitrogens is 3. The van der Waals surface area contributed by atoms with Crippen molar-refractivity contribution in [3.63, 3.8) is 0 Å². The zero-order chi connectivity index (χ0) is 15.2. The van der Waals surface area contributed by atoms with Gasteiger partial charge in [0.05, 0.1) is 6.54 Å². The largest absolute Gasteiger partial charge is 0.354 e. The Morgan fingerprint density at radius 3 is 2.77 bits per heavy atom. The maximum absolute atomic E-state index is 4.24. The van der Waals surface area contributed by atoms with Crippen LogP contribution in [0, 0.1) is 6.92 Å². The van der Waals surface area contributed by atoms with Crippen LogP contribution in [0.5, 0.6) is 0 Å². The molecule has 22 heavy (non-hydrogen) atoms. The van der Waals surface area contributed by atoms with Crippen molar-refractivity contribution >= 4 is 41.3 Å². The maximum Gasteiger partial charge on any atom is 0.191 e.